The summed E-state index contributed by atoms with van der Waals surface area (Å²) in [5.74, 6) is -0.135. The van der Waals surface area contributed by atoms with Gasteiger partial charge in [0.05, 0.1) is 6.10 Å². The Kier molecular flexibility index (Phi) is 5.35. The molecule has 5 nitrogen and oxygen atoms in total. The third-order valence-electron chi connectivity index (χ3n) is 3.44. The highest BCUT2D eigenvalue weighted by molar-refractivity contribution is 5.90. The van der Waals surface area contributed by atoms with Gasteiger partial charge in [-0.05, 0) is 19.3 Å². The van der Waals surface area contributed by atoms with Crippen LogP contribution in [0.4, 0.5) is 0 Å². The highest BCUT2D eigenvalue weighted by atomic mass is 16.3. The van der Waals surface area contributed by atoms with E-state index in [1.807, 2.05) is 27.7 Å². The molecular formula is C14H26N2O3. The summed E-state index contributed by atoms with van der Waals surface area (Å²) in [7, 11) is 0. The van der Waals surface area contributed by atoms with Gasteiger partial charge in [-0.15, -0.1) is 0 Å². The Morgan fingerprint density at radius 2 is 2.05 bits per heavy atom. The first-order valence-electron chi connectivity index (χ1n) is 7.04. The van der Waals surface area contributed by atoms with Crippen molar-refractivity contribution in [2.45, 2.75) is 59.1 Å². The maximum atomic E-state index is 12.3. The number of carbonyl (C=O) groups is 2. The molecule has 0 aromatic rings. The Hall–Kier alpha value is -1.10. The van der Waals surface area contributed by atoms with Crippen molar-refractivity contribution in [3.8, 4) is 0 Å². The highest BCUT2D eigenvalue weighted by Crippen LogP contribution is 2.25. The summed E-state index contributed by atoms with van der Waals surface area (Å²) >= 11 is 0. The molecule has 0 saturated carbocycles. The van der Waals surface area contributed by atoms with Gasteiger partial charge in [0.25, 0.3) is 0 Å². The van der Waals surface area contributed by atoms with E-state index in [-0.39, 0.29) is 24.4 Å². The van der Waals surface area contributed by atoms with Crippen LogP contribution in [0.5, 0.6) is 0 Å². The summed E-state index contributed by atoms with van der Waals surface area (Å²) in [5.41, 5.74) is -0.466. The molecule has 110 valence electrons. The normalized spacial score (nSPS) is 21.3. The van der Waals surface area contributed by atoms with Crippen LogP contribution in [0.15, 0.2) is 0 Å². The Labute approximate surface area is 115 Å². The van der Waals surface area contributed by atoms with Crippen LogP contribution in [0.25, 0.3) is 0 Å². The summed E-state index contributed by atoms with van der Waals surface area (Å²) < 4.78 is 0. The molecule has 1 aliphatic rings. The minimum absolute atomic E-state index is 0.0150. The predicted octanol–water partition coefficient (Wildman–Crippen LogP) is 0.911. The van der Waals surface area contributed by atoms with Crippen LogP contribution in [0, 0.1) is 5.41 Å². The fourth-order valence-electron chi connectivity index (χ4n) is 2.19. The van der Waals surface area contributed by atoms with Crippen molar-refractivity contribution in [3.05, 3.63) is 0 Å². The van der Waals surface area contributed by atoms with Crippen molar-refractivity contribution < 1.29 is 14.7 Å². The van der Waals surface area contributed by atoms with Crippen LogP contribution in [0.3, 0.4) is 0 Å². The van der Waals surface area contributed by atoms with E-state index in [0.29, 0.717) is 19.4 Å². The molecule has 19 heavy (non-hydrogen) atoms. The quantitative estimate of drug-likeness (QED) is 0.798. The molecule has 2 amide bonds. The van der Waals surface area contributed by atoms with Gasteiger partial charge >= 0.3 is 0 Å². The third-order valence-corrected chi connectivity index (χ3v) is 3.44. The summed E-state index contributed by atoms with van der Waals surface area (Å²) in [4.78, 5) is 26.0. The second-order valence-electron chi connectivity index (χ2n) is 6.21. The zero-order valence-corrected chi connectivity index (χ0v) is 12.4. The molecule has 1 fully saturated rings. The van der Waals surface area contributed by atoms with E-state index < -0.39 is 11.5 Å². The molecule has 2 unspecified atom stereocenters. The molecule has 0 bridgehead atoms. The van der Waals surface area contributed by atoms with Crippen LogP contribution in [0.1, 0.15) is 47.0 Å². The van der Waals surface area contributed by atoms with Crippen molar-refractivity contribution in [1.82, 2.24) is 10.2 Å². The first-order valence-corrected chi connectivity index (χ1v) is 7.04. The third kappa shape index (κ3) is 4.20. The lowest BCUT2D eigenvalue weighted by Gasteiger charge is -2.30. The summed E-state index contributed by atoms with van der Waals surface area (Å²) in [5, 5.41) is 12.2. The topological polar surface area (TPSA) is 69.6 Å². The minimum Gasteiger partial charge on any atom is -0.391 e. The van der Waals surface area contributed by atoms with Gasteiger partial charge in [0.2, 0.25) is 11.8 Å². The molecule has 1 saturated heterocycles. The number of aliphatic hydroxyl groups is 1. The van der Waals surface area contributed by atoms with Gasteiger partial charge in [-0.3, -0.25) is 9.59 Å². The number of amides is 2. The molecular weight excluding hydrogens is 244 g/mol. The van der Waals surface area contributed by atoms with Crippen LogP contribution >= 0.6 is 0 Å². The lowest BCUT2D eigenvalue weighted by molar-refractivity contribution is -0.144. The molecule has 5 heteroatoms. The zero-order chi connectivity index (χ0) is 14.6. The van der Waals surface area contributed by atoms with Crippen molar-refractivity contribution in [2.75, 3.05) is 13.1 Å². The number of rotatable bonds is 4. The number of hydrogen-bond donors (Lipinski definition) is 2. The molecule has 1 aliphatic heterocycles. The molecule has 0 aliphatic carbocycles. The second kappa shape index (κ2) is 6.37. The van der Waals surface area contributed by atoms with Gasteiger partial charge in [-0.2, -0.15) is 0 Å². The monoisotopic (exact) mass is 270 g/mol. The van der Waals surface area contributed by atoms with Gasteiger partial charge < -0.3 is 15.3 Å². The van der Waals surface area contributed by atoms with E-state index in [0.717, 1.165) is 6.42 Å². The van der Waals surface area contributed by atoms with Gasteiger partial charge in [-0.25, -0.2) is 0 Å². The van der Waals surface area contributed by atoms with E-state index >= 15 is 0 Å². The molecule has 0 radical (unpaired) electrons. The van der Waals surface area contributed by atoms with Gasteiger partial charge in [0.1, 0.15) is 6.04 Å². The summed E-state index contributed by atoms with van der Waals surface area (Å²) in [6.07, 6.45) is 1.65. The van der Waals surface area contributed by atoms with Crippen LogP contribution in [-0.4, -0.2) is 47.1 Å². The molecule has 1 rings (SSSR count). The number of carbonyl (C=O) groups excluding carboxylic acids is 2. The van der Waals surface area contributed by atoms with E-state index in [9.17, 15) is 14.7 Å². The zero-order valence-electron chi connectivity index (χ0n) is 12.4. The smallest absolute Gasteiger partial charge is 0.242 e. The average molecular weight is 270 g/mol. The molecule has 2 atom stereocenters. The lowest BCUT2D eigenvalue weighted by Crippen LogP contribution is -2.50. The number of nitrogens with one attached hydrogen (secondary N) is 1. The fourth-order valence-corrected chi connectivity index (χ4v) is 2.19. The number of aliphatic hydroxyl groups excluding tert-OH is 1. The molecule has 0 aromatic carbocycles. The fraction of sp³-hybridized carbons (Fsp3) is 0.857. The predicted molar refractivity (Wildman–Crippen MR) is 73.5 cm³/mol. The maximum Gasteiger partial charge on any atom is 0.242 e. The summed E-state index contributed by atoms with van der Waals surface area (Å²) in [6, 6.07) is -0.379. The Balaban J connectivity index is 2.61. The van der Waals surface area contributed by atoms with E-state index in [4.69, 9.17) is 0 Å². The van der Waals surface area contributed by atoms with Gasteiger partial charge in [-0.1, -0.05) is 27.7 Å². The van der Waals surface area contributed by atoms with Crippen LogP contribution < -0.4 is 5.32 Å². The van der Waals surface area contributed by atoms with E-state index in [2.05, 4.69) is 5.32 Å². The Morgan fingerprint density at radius 1 is 1.42 bits per heavy atom. The number of hydrogen-bond acceptors (Lipinski definition) is 3. The molecule has 0 spiro atoms. The first kappa shape index (κ1) is 16.0. The number of nitrogens with zero attached hydrogens (tertiary/aromatic N) is 1. The molecule has 2 N–H and O–H groups in total. The van der Waals surface area contributed by atoms with Crippen molar-refractivity contribution >= 4 is 11.8 Å². The highest BCUT2D eigenvalue weighted by Gasteiger charge is 2.38. The minimum atomic E-state index is -0.517. The van der Waals surface area contributed by atoms with Crippen LogP contribution in [0.2, 0.25) is 0 Å². The summed E-state index contributed by atoms with van der Waals surface area (Å²) in [6.45, 7) is 8.35. The second-order valence-corrected chi connectivity index (χ2v) is 6.21. The van der Waals surface area contributed by atoms with Gasteiger partial charge in [0.15, 0.2) is 0 Å². The molecule has 1 heterocycles. The van der Waals surface area contributed by atoms with Crippen molar-refractivity contribution in [3.63, 3.8) is 0 Å². The largest absolute Gasteiger partial charge is 0.391 e. The maximum absolute atomic E-state index is 12.3. The first-order chi connectivity index (χ1) is 8.77. The average Bonchev–Trinajstić information content (AvgIpc) is 2.82. The van der Waals surface area contributed by atoms with E-state index in [1.54, 1.807) is 4.90 Å². The molecule has 0 aromatic heterocycles. The SMILES string of the molecule is CCC(O)CNC(=O)C1CCCN1C(=O)C(C)(C)C. The van der Waals surface area contributed by atoms with Crippen LogP contribution in [-0.2, 0) is 9.59 Å². The van der Waals surface area contributed by atoms with Crippen molar-refractivity contribution in [2.24, 2.45) is 5.41 Å². The Bertz CT molecular complexity index is 336. The van der Waals surface area contributed by atoms with Crippen molar-refractivity contribution in [1.29, 1.82) is 0 Å². The Morgan fingerprint density at radius 3 is 2.58 bits per heavy atom. The van der Waals surface area contributed by atoms with Gasteiger partial charge in [0, 0.05) is 18.5 Å². The lowest BCUT2D eigenvalue weighted by atomic mass is 9.94. The number of likely N-dealkylation sites (tertiary alicyclic amines) is 1. The van der Waals surface area contributed by atoms with E-state index in [1.165, 1.54) is 0 Å². The standard InChI is InChI=1S/C14H26N2O3/c1-5-10(17)9-15-12(18)11-7-6-8-16(11)13(19)14(2,3)4/h10-11,17H,5-9H2,1-4H3,(H,15,18).